The summed E-state index contributed by atoms with van der Waals surface area (Å²) in [5, 5.41) is 2.53. The largest absolute Gasteiger partial charge is 0.496 e. The molecule has 0 N–H and O–H groups in total. The fourth-order valence-electron chi connectivity index (χ4n) is 4.42. The predicted octanol–water partition coefficient (Wildman–Crippen LogP) is 8.23. The summed E-state index contributed by atoms with van der Waals surface area (Å²) in [7, 11) is -2.56. The van der Waals surface area contributed by atoms with E-state index in [1.54, 1.807) is 0 Å². The van der Waals surface area contributed by atoms with E-state index in [1.807, 2.05) is 0 Å². The van der Waals surface area contributed by atoms with E-state index < -0.39 is 26.6 Å². The first kappa shape index (κ1) is 26.9. The van der Waals surface area contributed by atoms with Gasteiger partial charge in [-0.25, -0.2) is 0 Å². The van der Waals surface area contributed by atoms with Crippen LogP contribution in [0.4, 0.5) is 0 Å². The molecule has 0 radical (unpaired) electrons. The van der Waals surface area contributed by atoms with Crippen LogP contribution in [0.3, 0.4) is 0 Å². The minimum Gasteiger partial charge on any atom is -0.410 e. The Morgan fingerprint density at radius 3 is 1.83 bits per heavy atom. The van der Waals surface area contributed by atoms with E-state index in [0.29, 0.717) is 0 Å². The van der Waals surface area contributed by atoms with E-state index in [9.17, 15) is 0 Å². The Kier molecular flexibility index (Phi) is 6.75. The molecule has 6 heteroatoms. The lowest BCUT2D eigenvalue weighted by Gasteiger charge is -2.39. The Morgan fingerprint density at radius 2 is 1.39 bits per heavy atom. The Hall–Kier alpha value is -2.12. The molecule has 0 saturated carbocycles. The van der Waals surface area contributed by atoms with Crippen molar-refractivity contribution in [3.63, 3.8) is 0 Å². The molecule has 1 aliphatic heterocycles. The SMILES string of the molecule is C=C(/C(=C/n1c2ccccc2c2ccccc21)B1OC(C)(C)C(C)(C)O1)C(C)O[Si](C)(C)C(C)(C)C. The monoisotopic (exact) mass is 503 g/mol. The van der Waals surface area contributed by atoms with Gasteiger partial charge in [-0.15, -0.1) is 0 Å². The van der Waals surface area contributed by atoms with Gasteiger partial charge in [-0.3, -0.25) is 0 Å². The quantitative estimate of drug-likeness (QED) is 0.251. The third-order valence-corrected chi connectivity index (χ3v) is 13.1. The van der Waals surface area contributed by atoms with E-state index in [1.165, 1.54) is 10.8 Å². The van der Waals surface area contributed by atoms with Crippen LogP contribution in [0.1, 0.15) is 55.4 Å². The molecule has 0 spiro atoms. The molecule has 3 aromatic rings. The smallest absolute Gasteiger partial charge is 0.410 e. The maximum Gasteiger partial charge on any atom is 0.496 e. The van der Waals surface area contributed by atoms with Crippen molar-refractivity contribution in [1.82, 2.24) is 4.57 Å². The van der Waals surface area contributed by atoms with Crippen LogP contribution in [0, 0.1) is 0 Å². The second kappa shape index (κ2) is 9.02. The second-order valence-electron chi connectivity index (χ2n) is 12.6. The fraction of sp³-hybridized carbons (Fsp3) is 0.467. The molecular weight excluding hydrogens is 461 g/mol. The zero-order chi connectivity index (χ0) is 26.7. The van der Waals surface area contributed by atoms with Gasteiger partial charge in [0.2, 0.25) is 0 Å². The predicted molar refractivity (Wildman–Crippen MR) is 157 cm³/mol. The van der Waals surface area contributed by atoms with Gasteiger partial charge in [0.1, 0.15) is 0 Å². The summed E-state index contributed by atoms with van der Waals surface area (Å²) in [6.45, 7) is 26.4. The number of aromatic nitrogens is 1. The van der Waals surface area contributed by atoms with Gasteiger partial charge in [-0.05, 0) is 70.5 Å². The minimum atomic E-state index is -2.02. The summed E-state index contributed by atoms with van der Waals surface area (Å²) < 4.78 is 22.1. The summed E-state index contributed by atoms with van der Waals surface area (Å²) in [6.07, 6.45) is 1.98. The van der Waals surface area contributed by atoms with E-state index >= 15 is 0 Å². The van der Waals surface area contributed by atoms with Crippen molar-refractivity contribution < 1.29 is 13.7 Å². The number of para-hydroxylation sites is 2. The van der Waals surface area contributed by atoms with Gasteiger partial charge < -0.3 is 18.3 Å². The van der Waals surface area contributed by atoms with Crippen molar-refractivity contribution in [2.75, 3.05) is 0 Å². The Bertz CT molecular complexity index is 1260. The molecule has 1 aromatic heterocycles. The summed E-state index contributed by atoms with van der Waals surface area (Å²) in [6, 6.07) is 17.0. The summed E-state index contributed by atoms with van der Waals surface area (Å²) in [5.74, 6) is 0. The van der Waals surface area contributed by atoms with Gasteiger partial charge in [0.25, 0.3) is 0 Å². The van der Waals surface area contributed by atoms with Gasteiger partial charge in [0.15, 0.2) is 8.32 Å². The molecule has 2 aromatic carbocycles. The fourth-order valence-corrected chi connectivity index (χ4v) is 5.80. The highest BCUT2D eigenvalue weighted by Gasteiger charge is 2.53. The number of rotatable bonds is 6. The molecule has 36 heavy (non-hydrogen) atoms. The maximum atomic E-state index is 6.78. The van der Waals surface area contributed by atoms with Crippen LogP contribution in [0.2, 0.25) is 18.1 Å². The van der Waals surface area contributed by atoms with Crippen molar-refractivity contribution in [2.45, 2.75) is 90.8 Å². The molecular formula is C30H42BNO3Si. The molecule has 192 valence electrons. The Morgan fingerprint density at radius 1 is 0.944 bits per heavy atom. The number of benzene rings is 2. The third-order valence-electron chi connectivity index (χ3n) is 8.53. The van der Waals surface area contributed by atoms with Gasteiger partial charge in [0.05, 0.1) is 28.3 Å². The first-order valence-electron chi connectivity index (χ1n) is 13.0. The van der Waals surface area contributed by atoms with Gasteiger partial charge in [-0.2, -0.15) is 0 Å². The van der Waals surface area contributed by atoms with Crippen LogP contribution >= 0.6 is 0 Å². The van der Waals surface area contributed by atoms with Gasteiger partial charge >= 0.3 is 7.12 Å². The summed E-state index contributed by atoms with van der Waals surface area (Å²) in [5.41, 5.74) is 3.16. The molecule has 0 bridgehead atoms. The molecule has 4 nitrogen and oxygen atoms in total. The van der Waals surface area contributed by atoms with Crippen molar-refractivity contribution in [1.29, 1.82) is 0 Å². The molecule has 1 saturated heterocycles. The number of fused-ring (bicyclic) bond motifs is 3. The second-order valence-corrected chi connectivity index (χ2v) is 17.4. The van der Waals surface area contributed by atoms with Crippen LogP contribution < -0.4 is 0 Å². The number of nitrogens with zero attached hydrogens (tertiary/aromatic N) is 1. The van der Waals surface area contributed by atoms with Crippen molar-refractivity contribution in [3.8, 4) is 0 Å². The highest BCUT2D eigenvalue weighted by molar-refractivity contribution is 6.74. The molecule has 2 heterocycles. The molecule has 1 unspecified atom stereocenters. The van der Waals surface area contributed by atoms with Crippen LogP contribution in [0.5, 0.6) is 0 Å². The van der Waals surface area contributed by atoms with Crippen molar-refractivity contribution in [3.05, 3.63) is 66.2 Å². The van der Waals surface area contributed by atoms with Crippen molar-refractivity contribution in [2.24, 2.45) is 0 Å². The zero-order valence-corrected chi connectivity index (χ0v) is 24.7. The van der Waals surface area contributed by atoms with Gasteiger partial charge in [-0.1, -0.05) is 63.7 Å². The van der Waals surface area contributed by atoms with Crippen LogP contribution in [-0.4, -0.2) is 37.3 Å². The first-order valence-corrected chi connectivity index (χ1v) is 15.9. The zero-order valence-electron chi connectivity index (χ0n) is 23.7. The third kappa shape index (κ3) is 4.65. The highest BCUT2D eigenvalue weighted by atomic mass is 28.4. The van der Waals surface area contributed by atoms with Gasteiger partial charge in [0, 0.05) is 22.4 Å². The average molecular weight is 504 g/mol. The minimum absolute atomic E-state index is 0.0998. The van der Waals surface area contributed by atoms with Crippen LogP contribution in [-0.2, 0) is 13.7 Å². The van der Waals surface area contributed by atoms with E-state index in [0.717, 1.165) is 22.1 Å². The summed E-state index contributed by atoms with van der Waals surface area (Å²) >= 11 is 0. The molecule has 0 aliphatic carbocycles. The first-order chi connectivity index (χ1) is 16.6. The number of hydrogen-bond acceptors (Lipinski definition) is 3. The van der Waals surface area contributed by atoms with E-state index in [-0.39, 0.29) is 11.1 Å². The average Bonchev–Trinajstić information content (AvgIpc) is 3.20. The normalized spacial score (nSPS) is 19.3. The molecule has 0 amide bonds. The lowest BCUT2D eigenvalue weighted by Crippen LogP contribution is -2.44. The Labute approximate surface area is 218 Å². The molecule has 1 atom stereocenters. The highest BCUT2D eigenvalue weighted by Crippen LogP contribution is 2.42. The van der Waals surface area contributed by atoms with Crippen LogP contribution in [0.25, 0.3) is 28.0 Å². The maximum absolute atomic E-state index is 6.78. The topological polar surface area (TPSA) is 32.6 Å². The lowest BCUT2D eigenvalue weighted by molar-refractivity contribution is 0.00578. The lowest BCUT2D eigenvalue weighted by atomic mass is 9.73. The molecule has 1 aliphatic rings. The summed E-state index contributed by atoms with van der Waals surface area (Å²) in [4.78, 5) is 0. The standard InChI is InChI=1S/C30H42BNO3Si/c1-21(22(2)33-36(10,11)28(3,4)5)25(31-34-29(6,7)30(8,9)35-31)20-32-26-18-14-12-16-23(26)24-17-13-15-19-27(24)32/h12-20,22H,1H2,2-11H3/b25-20-. The molecule has 1 fully saturated rings. The van der Waals surface area contributed by atoms with E-state index in [4.69, 9.17) is 13.7 Å². The number of hydrogen-bond donors (Lipinski definition) is 0. The van der Waals surface area contributed by atoms with Crippen molar-refractivity contribution >= 4 is 43.4 Å². The van der Waals surface area contributed by atoms with E-state index in [2.05, 4.69) is 134 Å². The van der Waals surface area contributed by atoms with Crippen LogP contribution in [0.15, 0.2) is 66.2 Å². The Balaban J connectivity index is 1.86. The molecule has 4 rings (SSSR count).